The van der Waals surface area contributed by atoms with Crippen molar-refractivity contribution in [3.8, 4) is 0 Å². The molecule has 0 bridgehead atoms. The molecule has 1 saturated heterocycles. The van der Waals surface area contributed by atoms with Crippen LogP contribution in [0.4, 0.5) is 0 Å². The van der Waals surface area contributed by atoms with E-state index in [0.717, 1.165) is 6.54 Å². The molecule has 1 aliphatic heterocycles. The van der Waals surface area contributed by atoms with E-state index in [2.05, 4.69) is 6.92 Å². The zero-order valence-electron chi connectivity index (χ0n) is 7.49. The number of aliphatic hydroxyl groups is 1. The van der Waals surface area contributed by atoms with Crippen molar-refractivity contribution in [2.45, 2.75) is 24.7 Å². The van der Waals surface area contributed by atoms with Crippen LogP contribution in [0.1, 0.15) is 13.3 Å². The van der Waals surface area contributed by atoms with E-state index in [4.69, 9.17) is 0 Å². The van der Waals surface area contributed by atoms with Crippen molar-refractivity contribution >= 4 is 17.7 Å². The van der Waals surface area contributed by atoms with Crippen LogP contribution in [0.25, 0.3) is 0 Å². The van der Waals surface area contributed by atoms with Crippen LogP contribution in [0.15, 0.2) is 0 Å². The molecule has 3 nitrogen and oxygen atoms in total. The second kappa shape index (κ2) is 4.14. The van der Waals surface area contributed by atoms with Gasteiger partial charge >= 0.3 is 0 Å². The molecule has 0 aromatic carbocycles. The standard InChI is InChI=1S/C8H15NO2S/c1-6(12-2)4-9-5-7(10)3-8(9)11/h6-7,10H,3-5H2,1-2H3. The zero-order chi connectivity index (χ0) is 9.14. The summed E-state index contributed by atoms with van der Waals surface area (Å²) < 4.78 is 0. The van der Waals surface area contributed by atoms with Crippen LogP contribution in [0.5, 0.6) is 0 Å². The summed E-state index contributed by atoms with van der Waals surface area (Å²) in [5.41, 5.74) is 0. The molecule has 1 rings (SSSR count). The lowest BCUT2D eigenvalue weighted by Gasteiger charge is -2.19. The molecular weight excluding hydrogens is 174 g/mol. The number of amides is 1. The van der Waals surface area contributed by atoms with Gasteiger partial charge in [0.25, 0.3) is 0 Å². The normalized spacial score (nSPS) is 26.4. The molecule has 0 saturated carbocycles. The molecule has 1 heterocycles. The third kappa shape index (κ3) is 2.38. The quantitative estimate of drug-likeness (QED) is 0.695. The largest absolute Gasteiger partial charge is 0.391 e. The number of carbonyl (C=O) groups excluding carboxylic acids is 1. The van der Waals surface area contributed by atoms with Gasteiger partial charge in [0.15, 0.2) is 0 Å². The maximum absolute atomic E-state index is 11.2. The van der Waals surface area contributed by atoms with E-state index in [1.807, 2.05) is 6.26 Å². The first-order valence-electron chi connectivity index (χ1n) is 4.12. The summed E-state index contributed by atoms with van der Waals surface area (Å²) in [7, 11) is 0. The van der Waals surface area contributed by atoms with Crippen molar-refractivity contribution in [1.82, 2.24) is 4.90 Å². The van der Waals surface area contributed by atoms with Crippen molar-refractivity contribution in [3.63, 3.8) is 0 Å². The van der Waals surface area contributed by atoms with Gasteiger partial charge in [-0.1, -0.05) is 6.92 Å². The van der Waals surface area contributed by atoms with Gasteiger partial charge in [0.05, 0.1) is 12.5 Å². The minimum Gasteiger partial charge on any atom is -0.391 e. The van der Waals surface area contributed by atoms with E-state index in [1.54, 1.807) is 16.7 Å². The fraction of sp³-hybridized carbons (Fsp3) is 0.875. The van der Waals surface area contributed by atoms with E-state index in [-0.39, 0.29) is 5.91 Å². The predicted octanol–water partition coefficient (Wildman–Crippen LogP) is 0.331. The second-order valence-electron chi connectivity index (χ2n) is 3.20. The highest BCUT2D eigenvalue weighted by Gasteiger charge is 2.28. The van der Waals surface area contributed by atoms with Gasteiger partial charge in [-0.2, -0.15) is 11.8 Å². The number of nitrogens with zero attached hydrogens (tertiary/aromatic N) is 1. The summed E-state index contributed by atoms with van der Waals surface area (Å²) in [6.07, 6.45) is 1.90. The monoisotopic (exact) mass is 189 g/mol. The molecule has 1 N–H and O–H groups in total. The Balaban J connectivity index is 2.37. The molecule has 2 atom stereocenters. The Hall–Kier alpha value is -0.220. The van der Waals surface area contributed by atoms with Gasteiger partial charge in [0.2, 0.25) is 5.91 Å². The SMILES string of the molecule is CSC(C)CN1CC(O)CC1=O. The number of carbonyl (C=O) groups is 1. The molecule has 12 heavy (non-hydrogen) atoms. The average molecular weight is 189 g/mol. The summed E-state index contributed by atoms with van der Waals surface area (Å²) in [4.78, 5) is 12.9. The molecule has 1 fully saturated rings. The zero-order valence-corrected chi connectivity index (χ0v) is 8.30. The fourth-order valence-corrected chi connectivity index (χ4v) is 1.64. The van der Waals surface area contributed by atoms with Crippen LogP contribution in [-0.2, 0) is 4.79 Å². The van der Waals surface area contributed by atoms with Crippen molar-refractivity contribution in [3.05, 3.63) is 0 Å². The number of hydrogen-bond acceptors (Lipinski definition) is 3. The topological polar surface area (TPSA) is 40.5 Å². The lowest BCUT2D eigenvalue weighted by atomic mass is 10.3. The van der Waals surface area contributed by atoms with Crippen molar-refractivity contribution < 1.29 is 9.90 Å². The molecule has 0 aromatic rings. The Morgan fingerprint density at radius 2 is 2.50 bits per heavy atom. The number of rotatable bonds is 3. The van der Waals surface area contributed by atoms with Crippen molar-refractivity contribution in [1.29, 1.82) is 0 Å². The highest BCUT2D eigenvalue weighted by Crippen LogP contribution is 2.14. The summed E-state index contributed by atoms with van der Waals surface area (Å²) in [6, 6.07) is 0. The first-order chi connectivity index (χ1) is 5.63. The van der Waals surface area contributed by atoms with Gasteiger partial charge in [0.1, 0.15) is 0 Å². The number of β-amino-alcohol motifs (C(OH)–C–C–N with tert-alkyl or cyclic N) is 1. The molecule has 0 spiro atoms. The summed E-state index contributed by atoms with van der Waals surface area (Å²) >= 11 is 1.74. The fourth-order valence-electron chi connectivity index (χ4n) is 1.31. The van der Waals surface area contributed by atoms with Crippen LogP contribution in [0.3, 0.4) is 0 Å². The van der Waals surface area contributed by atoms with E-state index in [0.29, 0.717) is 18.2 Å². The summed E-state index contributed by atoms with van der Waals surface area (Å²) in [5, 5.41) is 9.64. The van der Waals surface area contributed by atoms with Crippen molar-refractivity contribution in [2.24, 2.45) is 0 Å². The van der Waals surface area contributed by atoms with Gasteiger partial charge in [-0.15, -0.1) is 0 Å². The van der Waals surface area contributed by atoms with Gasteiger partial charge in [0, 0.05) is 18.3 Å². The predicted molar refractivity (Wildman–Crippen MR) is 50.2 cm³/mol. The number of thioether (sulfide) groups is 1. The molecule has 1 amide bonds. The Morgan fingerprint density at radius 3 is 2.92 bits per heavy atom. The first kappa shape index (κ1) is 9.86. The van der Waals surface area contributed by atoms with Crippen LogP contribution in [0.2, 0.25) is 0 Å². The molecule has 2 unspecified atom stereocenters. The van der Waals surface area contributed by atoms with E-state index < -0.39 is 6.10 Å². The summed E-state index contributed by atoms with van der Waals surface area (Å²) in [6.45, 7) is 3.36. The Morgan fingerprint density at radius 1 is 1.83 bits per heavy atom. The van der Waals surface area contributed by atoms with Crippen LogP contribution in [-0.4, -0.2) is 46.6 Å². The third-order valence-corrected chi connectivity index (χ3v) is 3.03. The highest BCUT2D eigenvalue weighted by molar-refractivity contribution is 7.99. The molecule has 0 aliphatic carbocycles. The van der Waals surface area contributed by atoms with Gasteiger partial charge in [-0.3, -0.25) is 4.79 Å². The number of likely N-dealkylation sites (tertiary alicyclic amines) is 1. The van der Waals surface area contributed by atoms with Crippen LogP contribution in [0, 0.1) is 0 Å². The van der Waals surface area contributed by atoms with Crippen LogP contribution >= 0.6 is 11.8 Å². The molecule has 0 radical (unpaired) electrons. The number of aliphatic hydroxyl groups excluding tert-OH is 1. The van der Waals surface area contributed by atoms with Crippen LogP contribution < -0.4 is 0 Å². The van der Waals surface area contributed by atoms with Gasteiger partial charge < -0.3 is 10.0 Å². The second-order valence-corrected chi connectivity index (χ2v) is 4.48. The minimum atomic E-state index is -0.438. The van der Waals surface area contributed by atoms with Gasteiger partial charge in [-0.05, 0) is 6.26 Å². The maximum Gasteiger partial charge on any atom is 0.225 e. The molecular formula is C8H15NO2S. The molecule has 0 aromatic heterocycles. The first-order valence-corrected chi connectivity index (χ1v) is 5.41. The number of hydrogen-bond donors (Lipinski definition) is 1. The average Bonchev–Trinajstić information content (AvgIpc) is 2.30. The van der Waals surface area contributed by atoms with E-state index in [1.165, 1.54) is 0 Å². The minimum absolute atomic E-state index is 0.0865. The van der Waals surface area contributed by atoms with Gasteiger partial charge in [-0.25, -0.2) is 0 Å². The Kier molecular flexibility index (Phi) is 3.40. The highest BCUT2D eigenvalue weighted by atomic mass is 32.2. The Labute approximate surface area is 77.1 Å². The maximum atomic E-state index is 11.2. The van der Waals surface area contributed by atoms with E-state index in [9.17, 15) is 9.90 Å². The molecule has 4 heteroatoms. The lowest BCUT2D eigenvalue weighted by Crippen LogP contribution is -2.31. The Bertz CT molecular complexity index is 174. The smallest absolute Gasteiger partial charge is 0.225 e. The lowest BCUT2D eigenvalue weighted by molar-refractivity contribution is -0.127. The van der Waals surface area contributed by atoms with Crippen molar-refractivity contribution in [2.75, 3.05) is 19.3 Å². The molecule has 70 valence electrons. The molecule has 1 aliphatic rings. The summed E-state index contributed by atoms with van der Waals surface area (Å²) in [5.74, 6) is 0.0865. The third-order valence-electron chi connectivity index (χ3n) is 2.07. The van der Waals surface area contributed by atoms with E-state index >= 15 is 0 Å².